The lowest BCUT2D eigenvalue weighted by Crippen LogP contribution is -2.46. The molecule has 2 heterocycles. The smallest absolute Gasteiger partial charge is 0.271 e. The summed E-state index contributed by atoms with van der Waals surface area (Å²) < 4.78 is 0. The molecular weight excluding hydrogens is 268 g/mol. The Kier molecular flexibility index (Phi) is 3.68. The van der Waals surface area contributed by atoms with Gasteiger partial charge in [0, 0.05) is 50.2 Å². The Hall–Kier alpha value is -2.63. The van der Waals surface area contributed by atoms with Gasteiger partial charge in [-0.05, 0) is 18.2 Å². The molecule has 1 aliphatic rings. The van der Waals surface area contributed by atoms with Crippen LogP contribution in [0.4, 0.5) is 17.2 Å². The molecule has 0 amide bonds. The Bertz CT molecular complexity index is 625. The topological polar surface area (TPSA) is 62.5 Å². The van der Waals surface area contributed by atoms with Gasteiger partial charge in [0.25, 0.3) is 5.69 Å². The molecule has 0 bridgehead atoms. The molecule has 0 aliphatic carbocycles. The highest BCUT2D eigenvalue weighted by Gasteiger charge is 2.19. The van der Waals surface area contributed by atoms with Gasteiger partial charge in [0.15, 0.2) is 0 Å². The van der Waals surface area contributed by atoms with Crippen LogP contribution in [0.3, 0.4) is 0 Å². The number of nitrogens with zero attached hydrogens (tertiary/aromatic N) is 4. The van der Waals surface area contributed by atoms with E-state index in [4.69, 9.17) is 0 Å². The first-order valence-electron chi connectivity index (χ1n) is 6.89. The average Bonchev–Trinajstić information content (AvgIpc) is 2.56. The summed E-state index contributed by atoms with van der Waals surface area (Å²) in [4.78, 5) is 19.2. The van der Waals surface area contributed by atoms with Crippen LogP contribution in [0.2, 0.25) is 0 Å². The van der Waals surface area contributed by atoms with E-state index in [0.29, 0.717) is 0 Å². The minimum absolute atomic E-state index is 0.139. The molecule has 108 valence electrons. The van der Waals surface area contributed by atoms with Crippen molar-refractivity contribution in [2.75, 3.05) is 36.0 Å². The van der Waals surface area contributed by atoms with Crippen LogP contribution in [0.15, 0.2) is 48.7 Å². The van der Waals surface area contributed by atoms with Crippen molar-refractivity contribution in [1.29, 1.82) is 0 Å². The Labute approximate surface area is 122 Å². The number of nitro benzene ring substituents is 1. The van der Waals surface area contributed by atoms with E-state index in [1.54, 1.807) is 18.3 Å². The number of anilines is 2. The van der Waals surface area contributed by atoms with E-state index in [1.807, 2.05) is 24.3 Å². The highest BCUT2D eigenvalue weighted by atomic mass is 16.6. The Morgan fingerprint density at radius 3 is 2.43 bits per heavy atom. The Morgan fingerprint density at radius 2 is 1.76 bits per heavy atom. The highest BCUT2D eigenvalue weighted by Crippen LogP contribution is 2.23. The lowest BCUT2D eigenvalue weighted by atomic mass is 10.2. The quantitative estimate of drug-likeness (QED) is 0.639. The zero-order valence-corrected chi connectivity index (χ0v) is 11.6. The summed E-state index contributed by atoms with van der Waals surface area (Å²) in [7, 11) is 0. The van der Waals surface area contributed by atoms with Gasteiger partial charge >= 0.3 is 0 Å². The maximum Gasteiger partial charge on any atom is 0.271 e. The number of rotatable bonds is 3. The molecule has 1 saturated heterocycles. The number of pyridine rings is 1. The second-order valence-electron chi connectivity index (χ2n) is 4.94. The molecule has 1 aromatic carbocycles. The summed E-state index contributed by atoms with van der Waals surface area (Å²) >= 11 is 0. The van der Waals surface area contributed by atoms with Crippen molar-refractivity contribution in [1.82, 2.24) is 4.98 Å². The maximum atomic E-state index is 10.8. The summed E-state index contributed by atoms with van der Waals surface area (Å²) in [6.07, 6.45) is 1.79. The third-order valence-corrected chi connectivity index (χ3v) is 3.66. The Morgan fingerprint density at radius 1 is 1.00 bits per heavy atom. The minimum atomic E-state index is -0.354. The van der Waals surface area contributed by atoms with Crippen molar-refractivity contribution in [3.63, 3.8) is 0 Å². The van der Waals surface area contributed by atoms with Crippen LogP contribution in [0.25, 0.3) is 0 Å². The second kappa shape index (κ2) is 5.78. The normalized spacial score (nSPS) is 15.0. The van der Waals surface area contributed by atoms with Crippen LogP contribution in [0, 0.1) is 10.1 Å². The Balaban J connectivity index is 1.68. The molecule has 21 heavy (non-hydrogen) atoms. The molecule has 1 aromatic heterocycles. The second-order valence-corrected chi connectivity index (χ2v) is 4.94. The van der Waals surface area contributed by atoms with Crippen molar-refractivity contribution in [2.24, 2.45) is 0 Å². The van der Waals surface area contributed by atoms with E-state index in [0.717, 1.165) is 37.7 Å². The standard InChI is InChI=1S/C15H16N4O2/c20-19(21)14-5-3-4-13(12-14)17-8-10-18(11-9-17)15-6-1-2-7-16-15/h1-7,12H,8-11H2. The number of hydrogen-bond acceptors (Lipinski definition) is 5. The zero-order chi connectivity index (χ0) is 14.7. The average molecular weight is 284 g/mol. The van der Waals surface area contributed by atoms with E-state index in [2.05, 4.69) is 14.8 Å². The van der Waals surface area contributed by atoms with Crippen molar-refractivity contribution in [2.45, 2.75) is 0 Å². The highest BCUT2D eigenvalue weighted by molar-refractivity contribution is 5.54. The van der Waals surface area contributed by atoms with Gasteiger partial charge in [-0.2, -0.15) is 0 Å². The molecule has 6 nitrogen and oxygen atoms in total. The summed E-state index contributed by atoms with van der Waals surface area (Å²) in [5, 5.41) is 10.8. The third kappa shape index (κ3) is 2.94. The van der Waals surface area contributed by atoms with Crippen molar-refractivity contribution >= 4 is 17.2 Å². The van der Waals surface area contributed by atoms with E-state index in [1.165, 1.54) is 6.07 Å². The fourth-order valence-electron chi connectivity index (χ4n) is 2.54. The number of non-ortho nitro benzene ring substituents is 1. The molecule has 0 unspecified atom stereocenters. The van der Waals surface area contributed by atoms with Gasteiger partial charge in [-0.15, -0.1) is 0 Å². The largest absolute Gasteiger partial charge is 0.368 e. The number of piperazine rings is 1. The summed E-state index contributed by atoms with van der Waals surface area (Å²) in [6, 6.07) is 12.7. The van der Waals surface area contributed by atoms with Gasteiger partial charge in [0.1, 0.15) is 5.82 Å². The van der Waals surface area contributed by atoms with Gasteiger partial charge in [-0.3, -0.25) is 10.1 Å². The molecule has 0 spiro atoms. The van der Waals surface area contributed by atoms with Crippen LogP contribution in [-0.2, 0) is 0 Å². The monoisotopic (exact) mass is 284 g/mol. The van der Waals surface area contributed by atoms with E-state index in [-0.39, 0.29) is 10.6 Å². The molecule has 1 fully saturated rings. The van der Waals surface area contributed by atoms with E-state index < -0.39 is 0 Å². The van der Waals surface area contributed by atoms with Gasteiger partial charge < -0.3 is 9.80 Å². The maximum absolute atomic E-state index is 10.8. The molecule has 0 radical (unpaired) electrons. The summed E-state index contributed by atoms with van der Waals surface area (Å²) in [5.41, 5.74) is 1.05. The van der Waals surface area contributed by atoms with Crippen molar-refractivity contribution in [3.8, 4) is 0 Å². The van der Waals surface area contributed by atoms with Gasteiger partial charge in [0.2, 0.25) is 0 Å². The van der Waals surface area contributed by atoms with Crippen molar-refractivity contribution < 1.29 is 4.92 Å². The first-order valence-corrected chi connectivity index (χ1v) is 6.89. The van der Waals surface area contributed by atoms with Crippen LogP contribution >= 0.6 is 0 Å². The van der Waals surface area contributed by atoms with E-state index in [9.17, 15) is 10.1 Å². The number of nitro groups is 1. The first-order chi connectivity index (χ1) is 10.2. The molecule has 0 N–H and O–H groups in total. The zero-order valence-electron chi connectivity index (χ0n) is 11.6. The van der Waals surface area contributed by atoms with Crippen LogP contribution in [-0.4, -0.2) is 36.1 Å². The van der Waals surface area contributed by atoms with Gasteiger partial charge in [-0.1, -0.05) is 12.1 Å². The molecule has 3 rings (SSSR count). The predicted molar refractivity (Wildman–Crippen MR) is 81.8 cm³/mol. The predicted octanol–water partition coefficient (Wildman–Crippen LogP) is 2.32. The fraction of sp³-hybridized carbons (Fsp3) is 0.267. The fourth-order valence-corrected chi connectivity index (χ4v) is 2.54. The summed E-state index contributed by atoms with van der Waals surface area (Å²) in [6.45, 7) is 3.38. The van der Waals surface area contributed by atoms with Gasteiger partial charge in [-0.25, -0.2) is 4.98 Å². The first kappa shape index (κ1) is 13.4. The number of aromatic nitrogens is 1. The van der Waals surface area contributed by atoms with Gasteiger partial charge in [0.05, 0.1) is 4.92 Å². The number of benzene rings is 1. The molecule has 0 saturated carbocycles. The SMILES string of the molecule is O=[N+]([O-])c1cccc(N2CCN(c3ccccn3)CC2)c1. The molecule has 2 aromatic rings. The molecule has 6 heteroatoms. The van der Waals surface area contributed by atoms with Crippen molar-refractivity contribution in [3.05, 3.63) is 58.8 Å². The third-order valence-electron chi connectivity index (χ3n) is 3.66. The van der Waals surface area contributed by atoms with E-state index >= 15 is 0 Å². The summed E-state index contributed by atoms with van der Waals surface area (Å²) in [5.74, 6) is 0.983. The lowest BCUT2D eigenvalue weighted by molar-refractivity contribution is -0.384. The molecule has 1 aliphatic heterocycles. The van der Waals surface area contributed by atoms with Crippen LogP contribution in [0.5, 0.6) is 0 Å². The van der Waals surface area contributed by atoms with Crippen LogP contribution in [0.1, 0.15) is 0 Å². The van der Waals surface area contributed by atoms with Crippen LogP contribution < -0.4 is 9.80 Å². The molecular formula is C15H16N4O2. The number of hydrogen-bond donors (Lipinski definition) is 0. The molecule has 0 atom stereocenters. The lowest BCUT2D eigenvalue weighted by Gasteiger charge is -2.36. The minimum Gasteiger partial charge on any atom is -0.368 e.